The summed E-state index contributed by atoms with van der Waals surface area (Å²) in [7, 11) is 0. The summed E-state index contributed by atoms with van der Waals surface area (Å²) < 4.78 is 5.46. The lowest BCUT2D eigenvalue weighted by atomic mass is 9.96. The average Bonchev–Trinajstić information content (AvgIpc) is 2.55. The zero-order valence-corrected chi connectivity index (χ0v) is 13.7. The maximum Gasteiger partial charge on any atom is 0.221 e. The van der Waals surface area contributed by atoms with Gasteiger partial charge in [0.1, 0.15) is 5.75 Å². The zero-order valence-electron chi connectivity index (χ0n) is 13.7. The van der Waals surface area contributed by atoms with Gasteiger partial charge in [0.15, 0.2) is 0 Å². The lowest BCUT2D eigenvalue weighted by Gasteiger charge is -2.21. The Morgan fingerprint density at radius 3 is 2.43 bits per heavy atom. The van der Waals surface area contributed by atoms with Crippen LogP contribution in [0.3, 0.4) is 0 Å². The minimum Gasteiger partial charge on any atom is -0.494 e. The topological polar surface area (TPSA) is 64.3 Å². The molecule has 4 nitrogen and oxygen atoms in total. The van der Waals surface area contributed by atoms with Crippen LogP contribution in [0.25, 0.3) is 0 Å². The Kier molecular flexibility index (Phi) is 6.03. The van der Waals surface area contributed by atoms with Crippen molar-refractivity contribution in [2.75, 3.05) is 11.9 Å². The van der Waals surface area contributed by atoms with E-state index in [4.69, 9.17) is 10.5 Å². The first-order valence-corrected chi connectivity index (χ1v) is 7.99. The van der Waals surface area contributed by atoms with E-state index in [1.165, 1.54) is 0 Å². The molecule has 122 valence electrons. The molecule has 0 saturated carbocycles. The molecule has 1 amide bonds. The molecular weight excluding hydrogens is 288 g/mol. The van der Waals surface area contributed by atoms with Gasteiger partial charge in [-0.25, -0.2) is 0 Å². The van der Waals surface area contributed by atoms with Crippen LogP contribution in [0.4, 0.5) is 5.69 Å². The summed E-state index contributed by atoms with van der Waals surface area (Å²) in [5.41, 5.74) is 8.47. The first-order chi connectivity index (χ1) is 11.1. The number of benzene rings is 2. The Morgan fingerprint density at radius 2 is 1.83 bits per heavy atom. The van der Waals surface area contributed by atoms with Crippen molar-refractivity contribution in [2.45, 2.75) is 32.7 Å². The van der Waals surface area contributed by atoms with Crippen molar-refractivity contribution in [3.8, 4) is 5.75 Å². The molecule has 0 aliphatic carbocycles. The number of amides is 1. The third kappa shape index (κ3) is 4.74. The minimum absolute atomic E-state index is 0.128. The number of nitrogens with one attached hydrogen (secondary N) is 1. The molecule has 0 bridgehead atoms. The summed E-state index contributed by atoms with van der Waals surface area (Å²) in [4.78, 5) is 11.3. The number of rotatable bonds is 8. The number of anilines is 1. The van der Waals surface area contributed by atoms with E-state index in [2.05, 4.69) is 12.2 Å². The summed E-state index contributed by atoms with van der Waals surface area (Å²) in [6.45, 7) is 4.74. The number of primary amides is 1. The van der Waals surface area contributed by atoms with E-state index in [-0.39, 0.29) is 18.4 Å². The maximum absolute atomic E-state index is 11.3. The molecule has 23 heavy (non-hydrogen) atoms. The molecule has 2 aromatic rings. The number of carbonyl (C=O) groups is 1. The molecule has 0 radical (unpaired) electrons. The fraction of sp³-hybridized carbons (Fsp3) is 0.316. The van der Waals surface area contributed by atoms with Gasteiger partial charge < -0.3 is 15.8 Å². The number of hydrogen-bond acceptors (Lipinski definition) is 3. The van der Waals surface area contributed by atoms with Crippen LogP contribution >= 0.6 is 0 Å². The van der Waals surface area contributed by atoms with Gasteiger partial charge in [0.25, 0.3) is 0 Å². The van der Waals surface area contributed by atoms with Gasteiger partial charge in [-0.2, -0.15) is 0 Å². The molecule has 4 heteroatoms. The van der Waals surface area contributed by atoms with Gasteiger partial charge >= 0.3 is 0 Å². The SMILES string of the molecule is CCOc1ccc(NC(CC)c2ccccc2CC(N)=O)cc1. The highest BCUT2D eigenvalue weighted by molar-refractivity contribution is 5.77. The lowest BCUT2D eigenvalue weighted by Crippen LogP contribution is -2.18. The lowest BCUT2D eigenvalue weighted by molar-refractivity contribution is -0.117. The monoisotopic (exact) mass is 312 g/mol. The molecule has 0 fully saturated rings. The number of carbonyl (C=O) groups excluding carboxylic acids is 1. The molecule has 0 spiro atoms. The fourth-order valence-electron chi connectivity index (χ4n) is 2.64. The van der Waals surface area contributed by atoms with Gasteiger partial charge in [-0.05, 0) is 48.7 Å². The van der Waals surface area contributed by atoms with Gasteiger partial charge in [-0.1, -0.05) is 31.2 Å². The summed E-state index contributed by atoms with van der Waals surface area (Å²) in [6.07, 6.45) is 1.17. The van der Waals surface area contributed by atoms with E-state index in [0.717, 1.165) is 29.0 Å². The Labute approximate surface area is 137 Å². The van der Waals surface area contributed by atoms with Crippen molar-refractivity contribution >= 4 is 11.6 Å². The first kappa shape index (κ1) is 16.9. The third-order valence-corrected chi connectivity index (χ3v) is 3.71. The predicted octanol–water partition coefficient (Wildman–Crippen LogP) is 3.68. The number of ether oxygens (including phenoxy) is 1. The second-order valence-corrected chi connectivity index (χ2v) is 5.40. The second kappa shape index (κ2) is 8.22. The number of nitrogens with two attached hydrogens (primary N) is 1. The van der Waals surface area contributed by atoms with Crippen molar-refractivity contribution < 1.29 is 9.53 Å². The standard InChI is InChI=1S/C19H24N2O2/c1-3-18(17-8-6-5-7-14(17)13-19(20)22)21-15-9-11-16(12-10-15)23-4-2/h5-12,18,21H,3-4,13H2,1-2H3,(H2,20,22). The van der Waals surface area contributed by atoms with Gasteiger partial charge in [-0.15, -0.1) is 0 Å². The second-order valence-electron chi connectivity index (χ2n) is 5.40. The summed E-state index contributed by atoms with van der Waals surface area (Å²) in [5.74, 6) is 0.550. The van der Waals surface area contributed by atoms with Gasteiger partial charge in [-0.3, -0.25) is 4.79 Å². The number of hydrogen-bond donors (Lipinski definition) is 2. The van der Waals surface area contributed by atoms with Crippen LogP contribution in [0.2, 0.25) is 0 Å². The fourth-order valence-corrected chi connectivity index (χ4v) is 2.64. The Hall–Kier alpha value is -2.49. The third-order valence-electron chi connectivity index (χ3n) is 3.71. The average molecular weight is 312 g/mol. The Balaban J connectivity index is 2.18. The predicted molar refractivity (Wildman–Crippen MR) is 93.6 cm³/mol. The quantitative estimate of drug-likeness (QED) is 0.781. The smallest absolute Gasteiger partial charge is 0.221 e. The van der Waals surface area contributed by atoms with E-state index in [1.807, 2.05) is 55.5 Å². The highest BCUT2D eigenvalue weighted by Gasteiger charge is 2.14. The molecule has 2 rings (SSSR count). The van der Waals surface area contributed by atoms with Crippen molar-refractivity contribution in [2.24, 2.45) is 5.73 Å². The van der Waals surface area contributed by atoms with Crippen LogP contribution in [-0.4, -0.2) is 12.5 Å². The van der Waals surface area contributed by atoms with Gasteiger partial charge in [0.2, 0.25) is 5.91 Å². The minimum atomic E-state index is -0.312. The largest absolute Gasteiger partial charge is 0.494 e. The Morgan fingerprint density at radius 1 is 1.13 bits per heavy atom. The molecule has 3 N–H and O–H groups in total. The molecule has 1 unspecified atom stereocenters. The summed E-state index contributed by atoms with van der Waals surface area (Å²) in [6, 6.07) is 16.0. The van der Waals surface area contributed by atoms with Gasteiger partial charge in [0.05, 0.1) is 19.1 Å². The molecule has 0 aliphatic heterocycles. The van der Waals surface area contributed by atoms with Crippen molar-refractivity contribution in [1.82, 2.24) is 0 Å². The van der Waals surface area contributed by atoms with Crippen molar-refractivity contribution in [3.05, 3.63) is 59.7 Å². The first-order valence-electron chi connectivity index (χ1n) is 7.99. The van der Waals surface area contributed by atoms with Crippen LogP contribution < -0.4 is 15.8 Å². The maximum atomic E-state index is 11.3. The molecule has 0 aliphatic rings. The van der Waals surface area contributed by atoms with Gasteiger partial charge in [0, 0.05) is 5.69 Å². The van der Waals surface area contributed by atoms with E-state index < -0.39 is 0 Å². The van der Waals surface area contributed by atoms with E-state index in [0.29, 0.717) is 6.61 Å². The highest BCUT2D eigenvalue weighted by atomic mass is 16.5. The Bertz CT molecular complexity index is 638. The molecule has 2 aromatic carbocycles. The van der Waals surface area contributed by atoms with E-state index in [1.54, 1.807) is 0 Å². The highest BCUT2D eigenvalue weighted by Crippen LogP contribution is 2.26. The molecular formula is C19H24N2O2. The zero-order chi connectivity index (χ0) is 16.7. The summed E-state index contributed by atoms with van der Waals surface area (Å²) in [5, 5.41) is 3.52. The van der Waals surface area contributed by atoms with Crippen molar-refractivity contribution in [3.63, 3.8) is 0 Å². The van der Waals surface area contributed by atoms with Crippen LogP contribution in [-0.2, 0) is 11.2 Å². The van der Waals surface area contributed by atoms with E-state index in [9.17, 15) is 4.79 Å². The van der Waals surface area contributed by atoms with Crippen LogP contribution in [0, 0.1) is 0 Å². The molecule has 0 saturated heterocycles. The van der Waals surface area contributed by atoms with Crippen LogP contribution in [0.5, 0.6) is 5.75 Å². The normalized spacial score (nSPS) is 11.7. The molecule has 0 heterocycles. The van der Waals surface area contributed by atoms with Crippen LogP contribution in [0.1, 0.15) is 37.4 Å². The summed E-state index contributed by atoms with van der Waals surface area (Å²) >= 11 is 0. The van der Waals surface area contributed by atoms with Crippen LogP contribution in [0.15, 0.2) is 48.5 Å². The molecule has 0 aromatic heterocycles. The molecule has 1 atom stereocenters. The van der Waals surface area contributed by atoms with Crippen molar-refractivity contribution in [1.29, 1.82) is 0 Å². The van der Waals surface area contributed by atoms with E-state index >= 15 is 0 Å².